The van der Waals surface area contributed by atoms with Crippen LogP contribution >= 0.6 is 11.6 Å². The van der Waals surface area contributed by atoms with Crippen molar-refractivity contribution in [2.75, 3.05) is 4.90 Å². The van der Waals surface area contributed by atoms with Crippen LogP contribution in [0, 0.1) is 0 Å². The average molecular weight is 329 g/mol. The lowest BCUT2D eigenvalue weighted by Gasteiger charge is -2.49. The van der Waals surface area contributed by atoms with E-state index >= 15 is 0 Å². The number of rotatable bonds is 4. The third-order valence-corrected chi connectivity index (χ3v) is 5.13. The van der Waals surface area contributed by atoms with Crippen LogP contribution in [0.25, 0.3) is 0 Å². The normalized spacial score (nSPS) is 16.0. The zero-order valence-corrected chi connectivity index (χ0v) is 14.2. The van der Waals surface area contributed by atoms with Gasteiger partial charge in [-0.2, -0.15) is 0 Å². The Balaban J connectivity index is 2.10. The Morgan fingerprint density at radius 3 is 2.39 bits per heavy atom. The van der Waals surface area contributed by atoms with Gasteiger partial charge < -0.3 is 10.2 Å². The van der Waals surface area contributed by atoms with Gasteiger partial charge in [-0.05, 0) is 36.6 Å². The van der Waals surface area contributed by atoms with Crippen LogP contribution < -0.4 is 10.2 Å². The Labute approximate surface area is 142 Å². The van der Waals surface area contributed by atoms with Gasteiger partial charge in [0.2, 0.25) is 0 Å². The van der Waals surface area contributed by atoms with E-state index in [9.17, 15) is 4.79 Å². The first-order valence-electron chi connectivity index (χ1n) is 8.04. The van der Waals surface area contributed by atoms with E-state index in [1.54, 1.807) is 0 Å². The molecule has 0 spiro atoms. The van der Waals surface area contributed by atoms with Gasteiger partial charge in [0.25, 0.3) is 5.91 Å². The maximum Gasteiger partial charge on any atom is 0.255 e. The fourth-order valence-electron chi connectivity index (χ4n) is 3.32. The maximum atomic E-state index is 12.5. The van der Waals surface area contributed by atoms with Crippen molar-refractivity contribution in [2.24, 2.45) is 0 Å². The van der Waals surface area contributed by atoms with Crippen LogP contribution in [0.4, 0.5) is 5.69 Å². The first-order valence-corrected chi connectivity index (χ1v) is 8.41. The molecule has 0 bridgehead atoms. The highest BCUT2D eigenvalue weighted by molar-refractivity contribution is 6.31. The number of nitrogens with one attached hydrogen (secondary N) is 1. The Kier molecular flexibility index (Phi) is 4.31. The van der Waals surface area contributed by atoms with E-state index in [4.69, 9.17) is 11.6 Å². The lowest BCUT2D eigenvalue weighted by Crippen LogP contribution is -2.63. The highest BCUT2D eigenvalue weighted by Crippen LogP contribution is 2.37. The number of amides is 1. The van der Waals surface area contributed by atoms with Gasteiger partial charge in [0.15, 0.2) is 0 Å². The molecule has 0 unspecified atom stereocenters. The number of carbonyl (C=O) groups excluding carboxylic acids is 1. The highest BCUT2D eigenvalue weighted by Gasteiger charge is 2.41. The summed E-state index contributed by atoms with van der Waals surface area (Å²) in [6.07, 6.45) is 1.65. The Hall–Kier alpha value is -2.00. The average Bonchev–Trinajstić information content (AvgIpc) is 2.59. The zero-order chi connectivity index (χ0) is 16.4. The van der Waals surface area contributed by atoms with Crippen molar-refractivity contribution >= 4 is 23.2 Å². The quantitative estimate of drug-likeness (QED) is 0.889. The van der Waals surface area contributed by atoms with Crippen molar-refractivity contribution in [1.29, 1.82) is 0 Å². The number of carbonyl (C=O) groups is 1. The monoisotopic (exact) mass is 328 g/mol. The number of halogens is 1. The topological polar surface area (TPSA) is 32.3 Å². The zero-order valence-electron chi connectivity index (χ0n) is 13.5. The summed E-state index contributed by atoms with van der Waals surface area (Å²) in [4.78, 5) is 14.8. The second-order valence-corrected chi connectivity index (χ2v) is 6.29. The molecule has 120 valence electrons. The van der Waals surface area contributed by atoms with Gasteiger partial charge in [0.1, 0.15) is 5.66 Å². The molecule has 0 saturated carbocycles. The molecular weight excluding hydrogens is 308 g/mol. The predicted molar refractivity (Wildman–Crippen MR) is 94.9 cm³/mol. The van der Waals surface area contributed by atoms with E-state index in [0.717, 1.165) is 34.7 Å². The van der Waals surface area contributed by atoms with E-state index in [1.165, 1.54) is 0 Å². The van der Waals surface area contributed by atoms with Crippen molar-refractivity contribution in [3.63, 3.8) is 0 Å². The molecule has 1 amide bonds. The molecule has 0 atom stereocenters. The number of anilines is 1. The molecule has 0 aliphatic carbocycles. The van der Waals surface area contributed by atoms with Gasteiger partial charge >= 0.3 is 0 Å². The minimum atomic E-state index is -0.384. The predicted octanol–water partition coefficient (Wildman–Crippen LogP) is 4.61. The smallest absolute Gasteiger partial charge is 0.255 e. The van der Waals surface area contributed by atoms with Crippen molar-refractivity contribution in [3.05, 3.63) is 64.7 Å². The summed E-state index contributed by atoms with van der Waals surface area (Å²) in [6, 6.07) is 15.6. The summed E-state index contributed by atoms with van der Waals surface area (Å²) in [5.74, 6) is -0.000270. The van der Waals surface area contributed by atoms with Crippen molar-refractivity contribution in [3.8, 4) is 0 Å². The van der Waals surface area contributed by atoms with Crippen LogP contribution in [0.3, 0.4) is 0 Å². The molecular formula is C19H21ClN2O. The van der Waals surface area contributed by atoms with Gasteiger partial charge in [0, 0.05) is 11.6 Å². The molecule has 3 nitrogen and oxygen atoms in total. The van der Waals surface area contributed by atoms with E-state index in [0.29, 0.717) is 6.54 Å². The maximum absolute atomic E-state index is 12.5. The van der Waals surface area contributed by atoms with Crippen LogP contribution in [0.1, 0.15) is 42.6 Å². The van der Waals surface area contributed by atoms with E-state index in [1.807, 2.05) is 48.5 Å². The van der Waals surface area contributed by atoms with Gasteiger partial charge in [-0.25, -0.2) is 0 Å². The molecule has 0 radical (unpaired) electrons. The van der Waals surface area contributed by atoms with Crippen LogP contribution in [0.2, 0.25) is 5.02 Å². The number of fused-ring (bicyclic) bond motifs is 1. The molecule has 0 aromatic heterocycles. The van der Waals surface area contributed by atoms with E-state index in [-0.39, 0.29) is 11.6 Å². The fourth-order valence-corrected chi connectivity index (χ4v) is 3.52. The SMILES string of the molecule is CCC1(CC)NC(=O)c2ccccc2N1Cc1ccccc1Cl. The minimum absolute atomic E-state index is 0.000270. The Morgan fingerprint density at radius 2 is 1.70 bits per heavy atom. The van der Waals surface area contributed by atoms with Gasteiger partial charge in [-0.3, -0.25) is 4.79 Å². The Bertz CT molecular complexity index is 725. The van der Waals surface area contributed by atoms with Crippen molar-refractivity contribution in [1.82, 2.24) is 5.32 Å². The van der Waals surface area contributed by atoms with Crippen LogP contribution in [0.5, 0.6) is 0 Å². The minimum Gasteiger partial charge on any atom is -0.344 e. The van der Waals surface area contributed by atoms with Gasteiger partial charge in [0.05, 0.1) is 11.3 Å². The van der Waals surface area contributed by atoms with Crippen LogP contribution in [-0.4, -0.2) is 11.6 Å². The highest BCUT2D eigenvalue weighted by atomic mass is 35.5. The first-order chi connectivity index (χ1) is 11.1. The number of nitrogens with zero attached hydrogens (tertiary/aromatic N) is 1. The second kappa shape index (κ2) is 6.25. The summed E-state index contributed by atoms with van der Waals surface area (Å²) in [5.41, 5.74) is 2.37. The lowest BCUT2D eigenvalue weighted by molar-refractivity contribution is 0.0869. The molecule has 0 saturated heterocycles. The summed E-state index contributed by atoms with van der Waals surface area (Å²) < 4.78 is 0. The third-order valence-electron chi connectivity index (χ3n) is 4.76. The summed E-state index contributed by atoms with van der Waals surface area (Å²) >= 11 is 6.36. The summed E-state index contributed by atoms with van der Waals surface area (Å²) in [5, 5.41) is 3.97. The molecule has 3 rings (SSSR count). The number of hydrogen-bond donors (Lipinski definition) is 1. The molecule has 1 N–H and O–H groups in total. The molecule has 0 fully saturated rings. The molecule has 1 aliphatic rings. The van der Waals surface area contributed by atoms with Crippen LogP contribution in [0.15, 0.2) is 48.5 Å². The van der Waals surface area contributed by atoms with Gasteiger partial charge in [-0.15, -0.1) is 0 Å². The van der Waals surface area contributed by atoms with Crippen molar-refractivity contribution in [2.45, 2.75) is 38.9 Å². The second-order valence-electron chi connectivity index (χ2n) is 5.89. The van der Waals surface area contributed by atoms with Gasteiger partial charge in [-0.1, -0.05) is 55.8 Å². The first kappa shape index (κ1) is 15.9. The lowest BCUT2D eigenvalue weighted by atomic mass is 9.93. The van der Waals surface area contributed by atoms with E-state index in [2.05, 4.69) is 24.1 Å². The molecule has 4 heteroatoms. The summed E-state index contributed by atoms with van der Waals surface area (Å²) in [7, 11) is 0. The van der Waals surface area contributed by atoms with Crippen molar-refractivity contribution < 1.29 is 4.79 Å². The number of benzene rings is 2. The molecule has 2 aromatic carbocycles. The number of para-hydroxylation sites is 1. The summed E-state index contributed by atoms with van der Waals surface area (Å²) in [6.45, 7) is 4.88. The molecule has 23 heavy (non-hydrogen) atoms. The number of hydrogen-bond acceptors (Lipinski definition) is 2. The third kappa shape index (κ3) is 2.70. The molecule has 1 heterocycles. The molecule has 2 aromatic rings. The standard InChI is InChI=1S/C19H21ClN2O/c1-3-19(4-2)21-18(23)15-10-6-8-12-17(15)22(19)13-14-9-5-7-11-16(14)20/h5-12H,3-4,13H2,1-2H3,(H,21,23). The Morgan fingerprint density at radius 1 is 1.04 bits per heavy atom. The largest absolute Gasteiger partial charge is 0.344 e. The van der Waals surface area contributed by atoms with Crippen LogP contribution in [-0.2, 0) is 6.54 Å². The molecule has 1 aliphatic heterocycles. The van der Waals surface area contributed by atoms with E-state index < -0.39 is 0 Å². The fraction of sp³-hybridized carbons (Fsp3) is 0.316.